The molecule has 1 heterocycles. The summed E-state index contributed by atoms with van der Waals surface area (Å²) in [6.07, 6.45) is 0. The van der Waals surface area contributed by atoms with Crippen LogP contribution < -0.4 is 16.2 Å². The van der Waals surface area contributed by atoms with Crippen molar-refractivity contribution in [3.8, 4) is 0 Å². The maximum absolute atomic E-state index is 11.1. The van der Waals surface area contributed by atoms with Crippen molar-refractivity contribution < 1.29 is 4.79 Å². The number of halogens is 1. The fourth-order valence-electron chi connectivity index (χ4n) is 1.30. The number of hydrazine groups is 1. The topological polar surface area (TPSA) is 53.2 Å². The van der Waals surface area contributed by atoms with Crippen LogP contribution in [-0.4, -0.2) is 17.9 Å². The first-order valence-corrected chi connectivity index (χ1v) is 6.30. The molecule has 1 amide bonds. The molecule has 0 bridgehead atoms. The monoisotopic (exact) mass is 257 g/mol. The molecule has 0 radical (unpaired) electrons. The summed E-state index contributed by atoms with van der Waals surface area (Å²) in [6.45, 7) is 0.317. The van der Waals surface area contributed by atoms with Gasteiger partial charge in [0, 0.05) is 10.8 Å². The molecule has 4 nitrogen and oxygen atoms in total. The summed E-state index contributed by atoms with van der Waals surface area (Å²) in [7, 11) is 0. The molecule has 0 aromatic heterocycles. The minimum Gasteiger partial charge on any atom is -0.330 e. The second-order valence-corrected chi connectivity index (χ2v) is 4.91. The largest absolute Gasteiger partial charge is 0.330 e. The van der Waals surface area contributed by atoms with E-state index in [9.17, 15) is 4.79 Å². The van der Waals surface area contributed by atoms with Crippen LogP contribution in [0.3, 0.4) is 0 Å². The van der Waals surface area contributed by atoms with Crippen molar-refractivity contribution in [3.05, 3.63) is 34.9 Å². The highest BCUT2D eigenvalue weighted by molar-refractivity contribution is 7.99. The predicted molar refractivity (Wildman–Crippen MR) is 65.8 cm³/mol. The van der Waals surface area contributed by atoms with Gasteiger partial charge in [0.25, 0.3) is 0 Å². The molecule has 2 rings (SSSR count). The summed E-state index contributed by atoms with van der Waals surface area (Å²) in [6, 6.07) is 7.69. The third kappa shape index (κ3) is 3.38. The van der Waals surface area contributed by atoms with E-state index in [0.717, 1.165) is 10.8 Å². The van der Waals surface area contributed by atoms with Crippen molar-refractivity contribution in [1.29, 1.82) is 0 Å². The molecule has 1 atom stereocenters. The standard InChI is InChI=1S/C10H12ClN3OS/c11-8-3-1-7(2-4-8)6-16-10-13-9(15)5-12-14-10/h1-4,10,12,14H,5-6H2,(H,13,15). The van der Waals surface area contributed by atoms with Gasteiger partial charge in [0.05, 0.1) is 6.54 Å². The molecule has 6 heteroatoms. The van der Waals surface area contributed by atoms with E-state index >= 15 is 0 Å². The molecule has 1 saturated heterocycles. The lowest BCUT2D eigenvalue weighted by Gasteiger charge is -2.24. The Morgan fingerprint density at radius 1 is 1.38 bits per heavy atom. The summed E-state index contributed by atoms with van der Waals surface area (Å²) < 4.78 is 0. The van der Waals surface area contributed by atoms with Crippen molar-refractivity contribution >= 4 is 29.3 Å². The number of carbonyl (C=O) groups excluding carboxylic acids is 1. The van der Waals surface area contributed by atoms with Crippen LogP contribution in [-0.2, 0) is 10.5 Å². The van der Waals surface area contributed by atoms with Gasteiger partial charge in [-0.3, -0.25) is 4.79 Å². The maximum Gasteiger partial charge on any atom is 0.237 e. The highest BCUT2D eigenvalue weighted by atomic mass is 35.5. The van der Waals surface area contributed by atoms with Gasteiger partial charge in [-0.15, -0.1) is 11.8 Å². The van der Waals surface area contributed by atoms with Gasteiger partial charge in [-0.1, -0.05) is 23.7 Å². The maximum atomic E-state index is 11.1. The van der Waals surface area contributed by atoms with Crippen molar-refractivity contribution in [2.45, 2.75) is 11.3 Å². The summed E-state index contributed by atoms with van der Waals surface area (Å²) in [5.41, 5.74) is 6.90. The summed E-state index contributed by atoms with van der Waals surface area (Å²) >= 11 is 7.40. The lowest BCUT2D eigenvalue weighted by molar-refractivity contribution is -0.122. The van der Waals surface area contributed by atoms with Gasteiger partial charge in [0.1, 0.15) is 5.50 Å². The average molecular weight is 258 g/mol. The molecule has 1 aromatic rings. The van der Waals surface area contributed by atoms with Crippen LogP contribution in [0.15, 0.2) is 24.3 Å². The molecule has 1 unspecified atom stereocenters. The average Bonchev–Trinajstić information content (AvgIpc) is 2.28. The molecule has 0 aliphatic carbocycles. The highest BCUT2D eigenvalue weighted by Crippen LogP contribution is 2.17. The molecule has 1 aliphatic rings. The minimum absolute atomic E-state index is 0.00681. The van der Waals surface area contributed by atoms with E-state index in [1.807, 2.05) is 24.3 Å². The van der Waals surface area contributed by atoms with Crippen LogP contribution in [0.25, 0.3) is 0 Å². The Morgan fingerprint density at radius 3 is 2.81 bits per heavy atom. The van der Waals surface area contributed by atoms with E-state index in [0.29, 0.717) is 6.54 Å². The van der Waals surface area contributed by atoms with E-state index in [-0.39, 0.29) is 11.4 Å². The Kier molecular flexibility index (Phi) is 4.06. The van der Waals surface area contributed by atoms with E-state index in [2.05, 4.69) is 16.2 Å². The summed E-state index contributed by atoms with van der Waals surface area (Å²) in [5, 5.41) is 3.56. The van der Waals surface area contributed by atoms with Crippen LogP contribution >= 0.6 is 23.4 Å². The Hall–Kier alpha value is -0.750. The van der Waals surface area contributed by atoms with Gasteiger partial charge >= 0.3 is 0 Å². The molecule has 0 spiro atoms. The Morgan fingerprint density at radius 2 is 2.12 bits per heavy atom. The van der Waals surface area contributed by atoms with Crippen molar-refractivity contribution in [2.75, 3.05) is 6.54 Å². The van der Waals surface area contributed by atoms with E-state index < -0.39 is 0 Å². The number of amides is 1. The number of hydrogen-bond donors (Lipinski definition) is 3. The predicted octanol–water partition coefficient (Wildman–Crippen LogP) is 1.08. The van der Waals surface area contributed by atoms with Gasteiger partial charge < -0.3 is 5.32 Å². The van der Waals surface area contributed by atoms with Crippen molar-refractivity contribution in [1.82, 2.24) is 16.2 Å². The molecule has 0 saturated carbocycles. The lowest BCUT2D eigenvalue weighted by Crippen LogP contribution is -2.58. The second-order valence-electron chi connectivity index (χ2n) is 3.38. The van der Waals surface area contributed by atoms with Crippen LogP contribution in [0.4, 0.5) is 0 Å². The number of benzene rings is 1. The quantitative estimate of drug-likeness (QED) is 0.759. The molecule has 1 aliphatic heterocycles. The van der Waals surface area contributed by atoms with Gasteiger partial charge in [-0.2, -0.15) is 0 Å². The molecule has 86 valence electrons. The fourth-order valence-corrected chi connectivity index (χ4v) is 2.36. The van der Waals surface area contributed by atoms with E-state index in [1.165, 1.54) is 5.56 Å². The Labute approximate surface area is 103 Å². The number of hydrogen-bond acceptors (Lipinski definition) is 4. The van der Waals surface area contributed by atoms with Gasteiger partial charge in [-0.25, -0.2) is 10.9 Å². The number of thioether (sulfide) groups is 1. The van der Waals surface area contributed by atoms with Crippen LogP contribution in [0.1, 0.15) is 5.56 Å². The second kappa shape index (κ2) is 5.54. The minimum atomic E-state index is -0.0862. The first-order valence-electron chi connectivity index (χ1n) is 4.88. The van der Waals surface area contributed by atoms with Gasteiger partial charge in [-0.05, 0) is 17.7 Å². The fraction of sp³-hybridized carbons (Fsp3) is 0.300. The van der Waals surface area contributed by atoms with Gasteiger partial charge in [0.15, 0.2) is 0 Å². The Balaban J connectivity index is 1.82. The van der Waals surface area contributed by atoms with Crippen LogP contribution in [0.2, 0.25) is 5.02 Å². The smallest absolute Gasteiger partial charge is 0.237 e. The normalized spacial score (nSPS) is 20.6. The van der Waals surface area contributed by atoms with Gasteiger partial charge in [0.2, 0.25) is 5.91 Å². The molecule has 3 N–H and O–H groups in total. The highest BCUT2D eigenvalue weighted by Gasteiger charge is 2.16. The zero-order valence-corrected chi connectivity index (χ0v) is 10.1. The third-order valence-corrected chi connectivity index (χ3v) is 3.43. The first-order chi connectivity index (χ1) is 7.74. The SMILES string of the molecule is O=C1CNNC(SCc2ccc(Cl)cc2)N1. The molecular weight excluding hydrogens is 246 g/mol. The molecule has 16 heavy (non-hydrogen) atoms. The Bertz CT molecular complexity index is 371. The zero-order chi connectivity index (χ0) is 11.4. The first kappa shape index (κ1) is 11.7. The van der Waals surface area contributed by atoms with E-state index in [4.69, 9.17) is 11.6 Å². The van der Waals surface area contributed by atoms with Crippen molar-refractivity contribution in [3.63, 3.8) is 0 Å². The zero-order valence-electron chi connectivity index (χ0n) is 8.50. The van der Waals surface area contributed by atoms with Crippen molar-refractivity contribution in [2.24, 2.45) is 0 Å². The summed E-state index contributed by atoms with van der Waals surface area (Å²) in [5.74, 6) is 0.823. The molecular formula is C10H12ClN3OS. The molecule has 1 aromatic carbocycles. The number of nitrogens with one attached hydrogen (secondary N) is 3. The van der Waals surface area contributed by atoms with Crippen LogP contribution in [0.5, 0.6) is 0 Å². The molecule has 1 fully saturated rings. The van der Waals surface area contributed by atoms with Crippen LogP contribution in [0, 0.1) is 0 Å². The summed E-state index contributed by atoms with van der Waals surface area (Å²) in [4.78, 5) is 11.1. The third-order valence-electron chi connectivity index (χ3n) is 2.10. The number of rotatable bonds is 3. The number of carbonyl (C=O) groups is 1. The van der Waals surface area contributed by atoms with E-state index in [1.54, 1.807) is 11.8 Å². The lowest BCUT2D eigenvalue weighted by atomic mass is 10.2.